The van der Waals surface area contributed by atoms with Crippen LogP contribution in [-0.4, -0.2) is 31.6 Å². The number of rotatable bonds is 5. The summed E-state index contributed by atoms with van der Waals surface area (Å²) in [5.74, 6) is -0.845. The highest BCUT2D eigenvalue weighted by Gasteiger charge is 2.46. The van der Waals surface area contributed by atoms with E-state index in [1.165, 1.54) is 13.2 Å². The minimum absolute atomic E-state index is 0.181. The summed E-state index contributed by atoms with van der Waals surface area (Å²) in [5.41, 5.74) is 0.549. The Morgan fingerprint density at radius 1 is 1.16 bits per heavy atom. The predicted molar refractivity (Wildman–Crippen MR) is 82.5 cm³/mol. The number of aromatic nitrogens is 1. The molecule has 2 rings (SSSR count). The van der Waals surface area contributed by atoms with Crippen LogP contribution < -0.4 is 14.4 Å². The van der Waals surface area contributed by atoms with Crippen LogP contribution in [0.15, 0.2) is 42.6 Å². The quantitative estimate of drug-likeness (QED) is 0.764. The second-order valence-corrected chi connectivity index (χ2v) is 4.74. The van der Waals surface area contributed by atoms with Gasteiger partial charge in [0.05, 0.1) is 20.4 Å². The van der Waals surface area contributed by atoms with E-state index in [0.717, 1.165) is 13.3 Å². The van der Waals surface area contributed by atoms with Crippen molar-refractivity contribution in [1.29, 1.82) is 0 Å². The lowest BCUT2D eigenvalue weighted by molar-refractivity contribution is -0.125. The van der Waals surface area contributed by atoms with Crippen LogP contribution in [0.3, 0.4) is 0 Å². The van der Waals surface area contributed by atoms with Gasteiger partial charge in [-0.05, 0) is 5.56 Å². The average Bonchev–Trinajstić information content (AvgIpc) is 2.60. The second kappa shape index (κ2) is 7.73. The second-order valence-electron chi connectivity index (χ2n) is 4.74. The number of nitrogens with zero attached hydrogens (tertiary/aromatic N) is 2. The van der Waals surface area contributed by atoms with E-state index in [0.29, 0.717) is 5.56 Å². The fourth-order valence-electron chi connectivity index (χ4n) is 1.94. The van der Waals surface area contributed by atoms with Crippen molar-refractivity contribution in [2.45, 2.75) is 12.9 Å². The highest BCUT2D eigenvalue weighted by atomic mass is 19.4. The normalized spacial score (nSPS) is 10.9. The average molecular weight is 356 g/mol. The number of methoxy groups -OCH3 is 2. The van der Waals surface area contributed by atoms with Crippen LogP contribution in [0.1, 0.15) is 5.56 Å². The van der Waals surface area contributed by atoms with Crippen molar-refractivity contribution in [2.24, 2.45) is 0 Å². The number of amides is 1. The number of ether oxygens (including phenoxy) is 3. The van der Waals surface area contributed by atoms with Crippen molar-refractivity contribution >= 4 is 11.9 Å². The summed E-state index contributed by atoms with van der Waals surface area (Å²) >= 11 is 0. The molecule has 0 saturated heterocycles. The Morgan fingerprint density at radius 2 is 1.84 bits per heavy atom. The number of halogens is 3. The first-order valence-corrected chi connectivity index (χ1v) is 7.02. The molecule has 0 fully saturated rings. The van der Waals surface area contributed by atoms with Crippen LogP contribution in [0.25, 0.3) is 0 Å². The van der Waals surface area contributed by atoms with E-state index in [1.807, 2.05) is 0 Å². The monoisotopic (exact) mass is 356 g/mol. The minimum atomic E-state index is -5.05. The SMILES string of the molecule is COc1cnc(N(C(=O)OCc2ccccc2)C(F)(F)F)c(OC)c1. The first-order chi connectivity index (χ1) is 11.9. The lowest BCUT2D eigenvalue weighted by Gasteiger charge is -2.24. The Morgan fingerprint density at radius 3 is 2.40 bits per heavy atom. The van der Waals surface area contributed by atoms with E-state index in [1.54, 1.807) is 30.3 Å². The van der Waals surface area contributed by atoms with E-state index >= 15 is 0 Å². The smallest absolute Gasteiger partial charge is 0.495 e. The molecule has 1 amide bonds. The molecule has 0 radical (unpaired) electrons. The van der Waals surface area contributed by atoms with Crippen molar-refractivity contribution in [3.8, 4) is 11.5 Å². The molecule has 1 heterocycles. The number of benzene rings is 1. The number of hydrogen-bond donors (Lipinski definition) is 0. The van der Waals surface area contributed by atoms with E-state index < -0.39 is 23.1 Å². The van der Waals surface area contributed by atoms with E-state index in [4.69, 9.17) is 14.2 Å². The van der Waals surface area contributed by atoms with Gasteiger partial charge in [-0.3, -0.25) is 0 Å². The third kappa shape index (κ3) is 4.52. The molecule has 6 nitrogen and oxygen atoms in total. The molecular weight excluding hydrogens is 341 g/mol. The van der Waals surface area contributed by atoms with E-state index in [9.17, 15) is 18.0 Å². The molecule has 9 heteroatoms. The van der Waals surface area contributed by atoms with E-state index in [-0.39, 0.29) is 18.1 Å². The maximum absolute atomic E-state index is 13.4. The maximum Gasteiger partial charge on any atom is 0.495 e. The molecule has 0 spiro atoms. The molecule has 134 valence electrons. The molecule has 2 aromatic rings. The summed E-state index contributed by atoms with van der Waals surface area (Å²) in [4.78, 5) is 15.1. The highest BCUT2D eigenvalue weighted by Crippen LogP contribution is 2.36. The number of carbonyl (C=O) groups is 1. The minimum Gasteiger partial charge on any atom is -0.495 e. The van der Waals surface area contributed by atoms with Gasteiger partial charge in [0.25, 0.3) is 0 Å². The Labute approximate surface area is 141 Å². The molecule has 0 aliphatic heterocycles. The fourth-order valence-corrected chi connectivity index (χ4v) is 1.94. The van der Waals surface area contributed by atoms with Gasteiger partial charge < -0.3 is 14.2 Å². The summed E-state index contributed by atoms with van der Waals surface area (Å²) in [5, 5.41) is 0. The summed E-state index contributed by atoms with van der Waals surface area (Å²) in [6.07, 6.45) is -5.63. The summed E-state index contributed by atoms with van der Waals surface area (Å²) in [6, 6.07) is 9.53. The molecule has 0 aliphatic rings. The maximum atomic E-state index is 13.4. The number of anilines is 1. The third-order valence-corrected chi connectivity index (χ3v) is 3.12. The van der Waals surface area contributed by atoms with Gasteiger partial charge in [-0.2, -0.15) is 4.90 Å². The first-order valence-electron chi connectivity index (χ1n) is 7.02. The molecule has 1 aromatic heterocycles. The van der Waals surface area contributed by atoms with Gasteiger partial charge in [0.1, 0.15) is 12.4 Å². The van der Waals surface area contributed by atoms with Crippen LogP contribution >= 0.6 is 0 Å². The molecule has 25 heavy (non-hydrogen) atoms. The van der Waals surface area contributed by atoms with Crippen molar-refractivity contribution in [3.05, 3.63) is 48.2 Å². The van der Waals surface area contributed by atoms with Gasteiger partial charge in [0.15, 0.2) is 11.6 Å². The Hall–Kier alpha value is -2.97. The largest absolute Gasteiger partial charge is 0.495 e. The molecule has 0 N–H and O–H groups in total. The zero-order valence-corrected chi connectivity index (χ0v) is 13.4. The molecule has 0 unspecified atom stereocenters. The van der Waals surface area contributed by atoms with Gasteiger partial charge in [-0.1, -0.05) is 30.3 Å². The van der Waals surface area contributed by atoms with Crippen LogP contribution in [0.5, 0.6) is 11.5 Å². The third-order valence-electron chi connectivity index (χ3n) is 3.12. The standard InChI is InChI=1S/C16H15F3N2O4/c1-23-12-8-13(24-2)14(20-9-12)21(16(17,18)19)15(22)25-10-11-6-4-3-5-7-11/h3-9H,10H2,1-2H3. The topological polar surface area (TPSA) is 60.9 Å². The van der Waals surface area contributed by atoms with Gasteiger partial charge in [0, 0.05) is 6.07 Å². The lowest BCUT2D eigenvalue weighted by atomic mass is 10.2. The predicted octanol–water partition coefficient (Wildman–Crippen LogP) is 3.76. The Balaban J connectivity index is 2.29. The molecule has 0 saturated carbocycles. The van der Waals surface area contributed by atoms with Crippen LogP contribution in [0, 0.1) is 0 Å². The molecule has 1 aromatic carbocycles. The van der Waals surface area contributed by atoms with Crippen molar-refractivity contribution < 1.29 is 32.2 Å². The summed E-state index contributed by atoms with van der Waals surface area (Å²) in [7, 11) is 2.48. The first kappa shape index (κ1) is 18.4. The van der Waals surface area contributed by atoms with Gasteiger partial charge in [-0.15, -0.1) is 13.2 Å². The lowest BCUT2D eigenvalue weighted by Crippen LogP contribution is -2.44. The molecule has 0 bridgehead atoms. The van der Waals surface area contributed by atoms with Gasteiger partial charge >= 0.3 is 12.4 Å². The highest BCUT2D eigenvalue weighted by molar-refractivity contribution is 5.89. The Kier molecular flexibility index (Phi) is 5.68. The van der Waals surface area contributed by atoms with Gasteiger partial charge in [-0.25, -0.2) is 9.78 Å². The number of pyridine rings is 1. The number of carbonyl (C=O) groups excluding carboxylic acids is 1. The fraction of sp³-hybridized carbons (Fsp3) is 0.250. The summed E-state index contributed by atoms with van der Waals surface area (Å²) in [6.45, 7) is -0.315. The molecule has 0 atom stereocenters. The molecule has 0 aliphatic carbocycles. The number of alkyl halides is 3. The van der Waals surface area contributed by atoms with Crippen molar-refractivity contribution in [1.82, 2.24) is 4.98 Å². The van der Waals surface area contributed by atoms with Crippen LogP contribution in [0.4, 0.5) is 23.8 Å². The van der Waals surface area contributed by atoms with Crippen LogP contribution in [0.2, 0.25) is 0 Å². The van der Waals surface area contributed by atoms with Crippen molar-refractivity contribution in [2.75, 3.05) is 19.1 Å². The van der Waals surface area contributed by atoms with Crippen molar-refractivity contribution in [3.63, 3.8) is 0 Å². The Bertz CT molecular complexity index is 723. The molecular formula is C16H15F3N2O4. The number of hydrogen-bond acceptors (Lipinski definition) is 5. The van der Waals surface area contributed by atoms with E-state index in [2.05, 4.69) is 4.98 Å². The van der Waals surface area contributed by atoms with Crippen LogP contribution in [-0.2, 0) is 11.3 Å². The van der Waals surface area contributed by atoms with Gasteiger partial charge in [0.2, 0.25) is 0 Å². The zero-order chi connectivity index (χ0) is 18.4. The zero-order valence-electron chi connectivity index (χ0n) is 13.4. The summed E-state index contributed by atoms with van der Waals surface area (Å²) < 4.78 is 54.7.